The number of benzene rings is 2. The molecule has 4 rings (SSSR count). The van der Waals surface area contributed by atoms with Crippen LogP contribution >= 0.6 is 11.6 Å². The molecule has 1 fully saturated rings. The topological polar surface area (TPSA) is 55.8 Å². The van der Waals surface area contributed by atoms with Crippen molar-refractivity contribution in [1.82, 2.24) is 0 Å². The van der Waals surface area contributed by atoms with E-state index in [1.165, 1.54) is 12.1 Å². The van der Waals surface area contributed by atoms with Crippen molar-refractivity contribution in [3.8, 4) is 11.5 Å². The van der Waals surface area contributed by atoms with Crippen molar-refractivity contribution in [1.29, 1.82) is 0 Å². The van der Waals surface area contributed by atoms with Gasteiger partial charge >= 0.3 is 0 Å². The van der Waals surface area contributed by atoms with Crippen molar-refractivity contribution < 1.29 is 28.2 Å². The predicted molar refractivity (Wildman–Crippen MR) is 133 cm³/mol. The second kappa shape index (κ2) is 13.6. The Bertz CT molecular complexity index is 923. The van der Waals surface area contributed by atoms with Gasteiger partial charge in [0, 0.05) is 30.0 Å². The Hall–Kier alpha value is -2.18. The van der Waals surface area contributed by atoms with Crippen molar-refractivity contribution in [2.45, 2.75) is 73.0 Å². The molecule has 190 valence electrons. The van der Waals surface area contributed by atoms with Crippen LogP contribution in [0.5, 0.6) is 11.5 Å². The number of ether oxygens (including phenoxy) is 2. The smallest absolute Gasteiger partial charge is 0.191 e. The van der Waals surface area contributed by atoms with E-state index in [2.05, 4.69) is 0 Å². The molecule has 4 nitrogen and oxygen atoms in total. The van der Waals surface area contributed by atoms with Crippen molar-refractivity contribution in [3.63, 3.8) is 0 Å². The van der Waals surface area contributed by atoms with Gasteiger partial charge in [0.15, 0.2) is 17.4 Å². The fraction of sp³-hybridized carbons (Fsp3) is 0.519. The number of halogens is 3. The Balaban J connectivity index is 0.000000894. The van der Waals surface area contributed by atoms with E-state index in [1.807, 2.05) is 47.6 Å². The number of hydrogen-bond donors (Lipinski definition) is 1. The average molecular weight is 499 g/mol. The van der Waals surface area contributed by atoms with Crippen LogP contribution in [0, 0.1) is 23.5 Å². The summed E-state index contributed by atoms with van der Waals surface area (Å²) < 4.78 is 40.3. The summed E-state index contributed by atoms with van der Waals surface area (Å²) in [7, 11) is 1.00. The normalized spacial score (nSPS) is 18.4. The van der Waals surface area contributed by atoms with E-state index in [0.29, 0.717) is 34.7 Å². The molecule has 0 amide bonds. The third-order valence-corrected chi connectivity index (χ3v) is 5.50. The van der Waals surface area contributed by atoms with Gasteiger partial charge in [0.2, 0.25) is 0 Å². The van der Waals surface area contributed by atoms with E-state index >= 15 is 0 Å². The highest BCUT2D eigenvalue weighted by molar-refractivity contribution is 6.30. The Morgan fingerprint density at radius 1 is 1.12 bits per heavy atom. The third kappa shape index (κ3) is 7.67. The Morgan fingerprint density at radius 3 is 2.24 bits per heavy atom. The second-order valence-electron chi connectivity index (χ2n) is 8.27. The summed E-state index contributed by atoms with van der Waals surface area (Å²) in [6, 6.07) is 6.09. The zero-order valence-corrected chi connectivity index (χ0v) is 21.9. The number of carbonyl (C=O) groups is 1. The maximum Gasteiger partial charge on any atom is 0.191 e. The van der Waals surface area contributed by atoms with Crippen molar-refractivity contribution in [3.05, 3.63) is 57.6 Å². The van der Waals surface area contributed by atoms with Crippen LogP contribution in [0.25, 0.3) is 0 Å². The van der Waals surface area contributed by atoms with Crippen LogP contribution in [0.4, 0.5) is 8.78 Å². The molecule has 0 spiro atoms. The minimum atomic E-state index is -0.752. The quantitative estimate of drug-likeness (QED) is 0.438. The summed E-state index contributed by atoms with van der Waals surface area (Å²) in [6.07, 6.45) is 2.88. The molecule has 1 aliphatic carbocycles. The third-order valence-electron chi connectivity index (χ3n) is 5.28. The van der Waals surface area contributed by atoms with E-state index in [4.69, 9.17) is 26.2 Å². The number of fused-ring (bicyclic) bond motifs is 1. The maximum atomic E-state index is 14.4. The van der Waals surface area contributed by atoms with Gasteiger partial charge in [-0.3, -0.25) is 0 Å². The van der Waals surface area contributed by atoms with Crippen molar-refractivity contribution >= 4 is 17.9 Å². The van der Waals surface area contributed by atoms with E-state index in [-0.39, 0.29) is 24.0 Å². The van der Waals surface area contributed by atoms with Gasteiger partial charge in [-0.2, -0.15) is 0 Å². The molecule has 2 aromatic carbocycles. The minimum Gasteiger partial charge on any atom is -0.487 e. The molecule has 0 bridgehead atoms. The Kier molecular flexibility index (Phi) is 12.0. The number of aliphatic hydroxyl groups is 1. The van der Waals surface area contributed by atoms with Gasteiger partial charge in [-0.05, 0) is 68.0 Å². The van der Waals surface area contributed by atoms with Crippen LogP contribution in [-0.2, 0) is 24.2 Å². The van der Waals surface area contributed by atoms with Crippen LogP contribution in [0.1, 0.15) is 64.7 Å². The lowest BCUT2D eigenvalue weighted by Gasteiger charge is -2.18. The molecule has 2 unspecified atom stereocenters. The summed E-state index contributed by atoms with van der Waals surface area (Å²) in [5.41, 5.74) is 1.79. The van der Waals surface area contributed by atoms with Gasteiger partial charge in [-0.1, -0.05) is 39.3 Å². The molecule has 7 heteroatoms. The first-order chi connectivity index (χ1) is 16.3. The van der Waals surface area contributed by atoms with Gasteiger partial charge in [0.05, 0.1) is 0 Å². The first-order valence-corrected chi connectivity index (χ1v) is 12.1. The summed E-state index contributed by atoms with van der Waals surface area (Å²) in [5.74, 6) is -1.07. The van der Waals surface area contributed by atoms with Crippen molar-refractivity contribution in [2.75, 3.05) is 7.11 Å². The molecular weight excluding hydrogens is 462 g/mol. The molecule has 2 aliphatic rings. The summed E-state index contributed by atoms with van der Waals surface area (Å²) >= 11 is 6.18. The number of aliphatic hydroxyl groups excluding tert-OH is 1. The highest BCUT2D eigenvalue weighted by Crippen LogP contribution is 2.41. The number of aldehydes is 1. The van der Waals surface area contributed by atoms with Gasteiger partial charge in [-0.15, -0.1) is 0 Å². The van der Waals surface area contributed by atoms with E-state index in [1.54, 1.807) is 6.07 Å². The zero-order valence-electron chi connectivity index (χ0n) is 21.2. The van der Waals surface area contributed by atoms with Gasteiger partial charge in [-0.25, -0.2) is 8.78 Å². The van der Waals surface area contributed by atoms with Crippen LogP contribution in [-0.4, -0.2) is 24.1 Å². The molecule has 1 saturated carbocycles. The largest absolute Gasteiger partial charge is 0.487 e. The first kappa shape index (κ1) is 29.9. The fourth-order valence-corrected chi connectivity index (χ4v) is 4.11. The molecule has 0 aromatic heterocycles. The summed E-state index contributed by atoms with van der Waals surface area (Å²) in [6.45, 7) is 11.9. The molecular formula is C27H37ClF2O4. The second-order valence-corrected chi connectivity index (χ2v) is 8.71. The van der Waals surface area contributed by atoms with Gasteiger partial charge < -0.3 is 19.4 Å². The van der Waals surface area contributed by atoms with Crippen LogP contribution < -0.4 is 9.47 Å². The molecule has 2 aromatic rings. The lowest BCUT2D eigenvalue weighted by Crippen LogP contribution is -2.25. The average Bonchev–Trinajstić information content (AvgIpc) is 3.49. The molecule has 0 saturated heterocycles. The van der Waals surface area contributed by atoms with Crippen LogP contribution in [0.15, 0.2) is 24.3 Å². The number of hydrogen-bond acceptors (Lipinski definition) is 4. The zero-order chi connectivity index (χ0) is 26.1. The Morgan fingerprint density at radius 2 is 1.71 bits per heavy atom. The predicted octanol–water partition coefficient (Wildman–Crippen LogP) is 6.95. The number of rotatable bonds is 6. The standard InChI is InChI=1S/C22H21ClF2O3.2C2H6.CH4O/c1-22(2)9-14-7-17(23)8-16(20(14)28-22)11-27-21-18(24)4-12(5-19(21)25)3-13-6-15(13)10-26;3*1-2/h4-5,7-8,10,13,15H,3,6,9,11H2,1-2H3;2*1-2H3;2H,1H3. The molecule has 1 aliphatic heterocycles. The monoisotopic (exact) mass is 498 g/mol. The minimum absolute atomic E-state index is 0.0104. The molecule has 2 atom stereocenters. The van der Waals surface area contributed by atoms with Gasteiger partial charge in [0.25, 0.3) is 0 Å². The van der Waals surface area contributed by atoms with Crippen LogP contribution in [0.2, 0.25) is 5.02 Å². The van der Waals surface area contributed by atoms with Crippen molar-refractivity contribution in [2.24, 2.45) is 11.8 Å². The highest BCUT2D eigenvalue weighted by Gasteiger charge is 2.37. The summed E-state index contributed by atoms with van der Waals surface area (Å²) in [5, 5.41) is 7.53. The lowest BCUT2D eigenvalue weighted by molar-refractivity contribution is -0.109. The first-order valence-electron chi connectivity index (χ1n) is 11.8. The van der Waals surface area contributed by atoms with Gasteiger partial charge in [0.1, 0.15) is 24.2 Å². The van der Waals surface area contributed by atoms with E-state index < -0.39 is 17.4 Å². The molecule has 1 heterocycles. The molecule has 1 N–H and O–H groups in total. The van der Waals surface area contributed by atoms with E-state index in [9.17, 15) is 13.6 Å². The molecule has 0 radical (unpaired) electrons. The summed E-state index contributed by atoms with van der Waals surface area (Å²) in [4.78, 5) is 10.7. The maximum absolute atomic E-state index is 14.4. The lowest BCUT2D eigenvalue weighted by atomic mass is 10.0. The fourth-order valence-electron chi connectivity index (χ4n) is 3.85. The number of carbonyl (C=O) groups excluding carboxylic acids is 1. The SMILES string of the molecule is CC.CC.CC1(C)Cc2cc(Cl)cc(COc3c(F)cc(CC4CC4C=O)cc3F)c2O1.CO. The molecule has 34 heavy (non-hydrogen) atoms. The van der Waals surface area contributed by atoms with E-state index in [0.717, 1.165) is 25.4 Å². The Labute approximate surface area is 207 Å². The van der Waals surface area contributed by atoms with Crippen LogP contribution in [0.3, 0.4) is 0 Å². The highest BCUT2D eigenvalue weighted by atomic mass is 35.5.